The van der Waals surface area contributed by atoms with Gasteiger partial charge in [0.05, 0.1) is 7.11 Å². The number of ether oxygens (including phenoxy) is 3. The first kappa shape index (κ1) is 22.8. The molecule has 4 nitrogen and oxygen atoms in total. The van der Waals surface area contributed by atoms with Gasteiger partial charge in [0.25, 0.3) is 0 Å². The summed E-state index contributed by atoms with van der Waals surface area (Å²) in [6.45, 7) is 4.07. The lowest BCUT2D eigenvalue weighted by Gasteiger charge is -2.28. The van der Waals surface area contributed by atoms with E-state index >= 15 is 0 Å². The highest BCUT2D eigenvalue weighted by atomic mass is 35.5. The lowest BCUT2D eigenvalue weighted by Crippen LogP contribution is -2.33. The van der Waals surface area contributed by atoms with E-state index in [2.05, 4.69) is 35.2 Å². The Hall–Kier alpha value is -2.95. The van der Waals surface area contributed by atoms with Crippen LogP contribution in [-0.2, 0) is 0 Å². The van der Waals surface area contributed by atoms with Gasteiger partial charge in [0.2, 0.25) is 0 Å². The summed E-state index contributed by atoms with van der Waals surface area (Å²) in [5, 5.41) is 0.663. The van der Waals surface area contributed by atoms with Crippen molar-refractivity contribution in [3.63, 3.8) is 0 Å². The summed E-state index contributed by atoms with van der Waals surface area (Å²) >= 11 is 6.25. The van der Waals surface area contributed by atoms with Crippen molar-refractivity contribution in [1.29, 1.82) is 0 Å². The molecule has 1 fully saturated rings. The van der Waals surface area contributed by atoms with Gasteiger partial charge in [-0.25, -0.2) is 0 Å². The molecule has 0 amide bonds. The monoisotopic (exact) mass is 475 g/mol. The summed E-state index contributed by atoms with van der Waals surface area (Å²) in [4.78, 5) is 2.49. The van der Waals surface area contributed by atoms with Crippen LogP contribution in [0.1, 0.15) is 42.1 Å². The topological polar surface area (TPSA) is 30.9 Å². The second-order valence-corrected chi connectivity index (χ2v) is 9.26. The van der Waals surface area contributed by atoms with Crippen molar-refractivity contribution in [1.82, 2.24) is 4.90 Å². The number of fused-ring (bicyclic) bond motifs is 1. The second-order valence-electron chi connectivity index (χ2n) is 8.83. The van der Waals surface area contributed by atoms with Crippen molar-refractivity contribution in [3.8, 4) is 17.2 Å². The highest BCUT2D eigenvalue weighted by Crippen LogP contribution is 2.43. The summed E-state index contributed by atoms with van der Waals surface area (Å²) in [5.41, 5.74) is 4.27. The van der Waals surface area contributed by atoms with E-state index in [1.807, 2.05) is 42.5 Å². The molecule has 2 heterocycles. The van der Waals surface area contributed by atoms with E-state index in [1.54, 1.807) is 7.11 Å². The molecule has 0 aliphatic carbocycles. The zero-order valence-electron chi connectivity index (χ0n) is 19.5. The van der Waals surface area contributed by atoms with Crippen molar-refractivity contribution in [3.05, 3.63) is 88.4 Å². The third kappa shape index (κ3) is 5.24. The molecule has 0 aromatic heterocycles. The Balaban J connectivity index is 1.35. The SMILES string of the molecule is COc1ccc(C2=Cc3ccc(Cl)cc3OC2c2ccc(OCCN3CCCCC3)cc2)cc1. The molecule has 1 atom stereocenters. The summed E-state index contributed by atoms with van der Waals surface area (Å²) in [6, 6.07) is 22.1. The Labute approximate surface area is 206 Å². The molecule has 5 heteroatoms. The molecule has 176 valence electrons. The summed E-state index contributed by atoms with van der Waals surface area (Å²) in [5.74, 6) is 2.50. The normalized spacial score (nSPS) is 17.9. The number of halogens is 1. The lowest BCUT2D eigenvalue weighted by molar-refractivity contribution is 0.183. The fourth-order valence-electron chi connectivity index (χ4n) is 4.64. The van der Waals surface area contributed by atoms with Gasteiger partial charge >= 0.3 is 0 Å². The first-order chi connectivity index (χ1) is 16.7. The number of hydrogen-bond acceptors (Lipinski definition) is 4. The Morgan fingerprint density at radius 1 is 0.912 bits per heavy atom. The minimum absolute atomic E-state index is 0.248. The van der Waals surface area contributed by atoms with Crippen LogP contribution < -0.4 is 14.2 Å². The zero-order chi connectivity index (χ0) is 23.3. The Kier molecular flexibility index (Phi) is 7.08. The third-order valence-electron chi connectivity index (χ3n) is 6.55. The van der Waals surface area contributed by atoms with Gasteiger partial charge < -0.3 is 14.2 Å². The average molecular weight is 476 g/mol. The van der Waals surface area contributed by atoms with E-state index in [0.717, 1.165) is 46.1 Å². The first-order valence-electron chi connectivity index (χ1n) is 12.0. The minimum Gasteiger partial charge on any atom is -0.497 e. The molecule has 3 aromatic carbocycles. The molecule has 0 radical (unpaired) electrons. The number of nitrogens with zero attached hydrogens (tertiary/aromatic N) is 1. The minimum atomic E-state index is -0.248. The predicted octanol–water partition coefficient (Wildman–Crippen LogP) is 6.89. The molecule has 3 aromatic rings. The number of likely N-dealkylation sites (tertiary alicyclic amines) is 1. The van der Waals surface area contributed by atoms with Crippen LogP contribution in [0.4, 0.5) is 0 Å². The fraction of sp³-hybridized carbons (Fsp3) is 0.310. The van der Waals surface area contributed by atoms with Crippen LogP contribution in [0.5, 0.6) is 17.2 Å². The number of piperidine rings is 1. The van der Waals surface area contributed by atoms with E-state index in [9.17, 15) is 0 Å². The lowest BCUT2D eigenvalue weighted by atomic mass is 9.91. The number of rotatable bonds is 7. The van der Waals surface area contributed by atoms with Gasteiger partial charge in [-0.15, -0.1) is 0 Å². The van der Waals surface area contributed by atoms with Gasteiger partial charge in [0.1, 0.15) is 30.0 Å². The van der Waals surface area contributed by atoms with Gasteiger partial charge in [0, 0.05) is 22.7 Å². The van der Waals surface area contributed by atoms with E-state index in [0.29, 0.717) is 11.6 Å². The Morgan fingerprint density at radius 2 is 1.65 bits per heavy atom. The molecular weight excluding hydrogens is 446 g/mol. The first-order valence-corrected chi connectivity index (χ1v) is 12.3. The molecule has 0 bridgehead atoms. The fourth-order valence-corrected chi connectivity index (χ4v) is 4.81. The average Bonchev–Trinajstić information content (AvgIpc) is 2.89. The standard InChI is InChI=1S/C29H30ClNO3/c1-32-25-11-6-21(7-12-25)27-19-23-5-10-24(30)20-28(23)34-29(27)22-8-13-26(14-9-22)33-18-17-31-15-3-2-4-16-31/h5-14,19-20,29H,2-4,15-18H2,1H3. The van der Waals surface area contributed by atoms with Gasteiger partial charge in [0.15, 0.2) is 0 Å². The number of hydrogen-bond donors (Lipinski definition) is 0. The smallest absolute Gasteiger partial charge is 0.149 e. The maximum Gasteiger partial charge on any atom is 0.149 e. The van der Waals surface area contributed by atoms with Crippen LogP contribution in [0.25, 0.3) is 11.6 Å². The second kappa shape index (κ2) is 10.5. The van der Waals surface area contributed by atoms with Crippen molar-refractivity contribution in [2.75, 3.05) is 33.4 Å². The molecule has 5 rings (SSSR count). The summed E-state index contributed by atoms with van der Waals surface area (Å²) in [7, 11) is 1.68. The highest BCUT2D eigenvalue weighted by molar-refractivity contribution is 6.30. The molecule has 2 aliphatic heterocycles. The molecule has 0 N–H and O–H groups in total. The quantitative estimate of drug-likeness (QED) is 0.372. The van der Waals surface area contributed by atoms with Crippen LogP contribution in [0.3, 0.4) is 0 Å². The van der Waals surface area contributed by atoms with Crippen molar-refractivity contribution in [2.24, 2.45) is 0 Å². The van der Waals surface area contributed by atoms with Crippen molar-refractivity contribution < 1.29 is 14.2 Å². The molecular formula is C29H30ClNO3. The van der Waals surface area contributed by atoms with Crippen LogP contribution in [0.2, 0.25) is 5.02 Å². The van der Waals surface area contributed by atoms with E-state index in [1.165, 1.54) is 32.4 Å². The van der Waals surface area contributed by atoms with Crippen LogP contribution >= 0.6 is 11.6 Å². The molecule has 1 saturated heterocycles. The maximum absolute atomic E-state index is 6.49. The largest absolute Gasteiger partial charge is 0.497 e. The van der Waals surface area contributed by atoms with Crippen LogP contribution in [0, 0.1) is 0 Å². The maximum atomic E-state index is 6.49. The van der Waals surface area contributed by atoms with Gasteiger partial charge in [-0.1, -0.05) is 42.3 Å². The summed E-state index contributed by atoms with van der Waals surface area (Å²) in [6.07, 6.45) is 5.89. The number of benzene rings is 3. The van der Waals surface area contributed by atoms with Gasteiger partial charge in [-0.3, -0.25) is 4.90 Å². The molecule has 0 saturated carbocycles. The van der Waals surface area contributed by atoms with Gasteiger partial charge in [-0.05, 0) is 85.6 Å². The molecule has 0 spiro atoms. The van der Waals surface area contributed by atoms with E-state index in [4.69, 9.17) is 25.8 Å². The van der Waals surface area contributed by atoms with Crippen LogP contribution in [-0.4, -0.2) is 38.3 Å². The Morgan fingerprint density at radius 3 is 2.38 bits per heavy atom. The molecule has 34 heavy (non-hydrogen) atoms. The zero-order valence-corrected chi connectivity index (χ0v) is 20.3. The third-order valence-corrected chi connectivity index (χ3v) is 6.78. The van der Waals surface area contributed by atoms with Crippen LogP contribution in [0.15, 0.2) is 66.7 Å². The van der Waals surface area contributed by atoms with E-state index < -0.39 is 0 Å². The highest BCUT2D eigenvalue weighted by Gasteiger charge is 2.26. The summed E-state index contributed by atoms with van der Waals surface area (Å²) < 4.78 is 17.9. The van der Waals surface area contributed by atoms with Crippen molar-refractivity contribution in [2.45, 2.75) is 25.4 Å². The number of methoxy groups -OCH3 is 1. The van der Waals surface area contributed by atoms with Crippen molar-refractivity contribution >= 4 is 23.3 Å². The Bertz CT molecular complexity index is 1140. The molecule has 1 unspecified atom stereocenters. The van der Waals surface area contributed by atoms with E-state index in [-0.39, 0.29) is 6.10 Å². The molecule has 2 aliphatic rings. The van der Waals surface area contributed by atoms with Gasteiger partial charge in [-0.2, -0.15) is 0 Å². The predicted molar refractivity (Wildman–Crippen MR) is 138 cm³/mol.